The maximum absolute atomic E-state index is 11.8. The predicted molar refractivity (Wildman–Crippen MR) is 90.9 cm³/mol. The molecule has 0 bridgehead atoms. The minimum absolute atomic E-state index is 0.261. The van der Waals surface area contributed by atoms with E-state index >= 15 is 0 Å². The summed E-state index contributed by atoms with van der Waals surface area (Å²) in [4.78, 5) is 13.7. The van der Waals surface area contributed by atoms with E-state index in [-0.39, 0.29) is 5.91 Å². The average Bonchev–Trinajstić information content (AvgIpc) is 3.00. The van der Waals surface area contributed by atoms with Crippen molar-refractivity contribution >= 4 is 11.6 Å². The lowest BCUT2D eigenvalue weighted by Crippen LogP contribution is -2.34. The van der Waals surface area contributed by atoms with Gasteiger partial charge in [-0.3, -0.25) is 4.79 Å². The van der Waals surface area contributed by atoms with Gasteiger partial charge in [0.1, 0.15) is 0 Å². The Balaban J connectivity index is 1.51. The molecule has 1 aromatic carbocycles. The van der Waals surface area contributed by atoms with E-state index in [1.54, 1.807) is 0 Å². The molecule has 3 rings (SSSR count). The van der Waals surface area contributed by atoms with Gasteiger partial charge >= 0.3 is 0 Å². The first kappa shape index (κ1) is 15.5. The Kier molecular flexibility index (Phi) is 5.14. The fraction of sp³-hybridized carbons (Fsp3) is 0.632. The first-order valence-corrected chi connectivity index (χ1v) is 8.87. The zero-order chi connectivity index (χ0) is 15.4. The van der Waals surface area contributed by atoms with E-state index in [4.69, 9.17) is 0 Å². The molecule has 2 fully saturated rings. The SMILES string of the molecule is CC(NCc1ccc(N2CCCC2=O)cc1)C1CCCCC1. The molecule has 3 heteroatoms. The number of benzene rings is 1. The van der Waals surface area contributed by atoms with E-state index in [2.05, 4.69) is 36.5 Å². The van der Waals surface area contributed by atoms with Crippen LogP contribution in [0.4, 0.5) is 5.69 Å². The molecule has 1 aliphatic heterocycles. The molecule has 22 heavy (non-hydrogen) atoms. The molecule has 1 atom stereocenters. The standard InChI is InChI=1S/C19H28N2O/c1-15(17-6-3-2-4-7-17)20-14-16-9-11-18(12-10-16)21-13-5-8-19(21)22/h9-12,15,17,20H,2-8,13-14H2,1H3. The third-order valence-corrected chi connectivity index (χ3v) is 5.31. The third kappa shape index (κ3) is 3.70. The Labute approximate surface area is 134 Å². The van der Waals surface area contributed by atoms with Gasteiger partial charge in [0, 0.05) is 31.2 Å². The lowest BCUT2D eigenvalue weighted by Gasteiger charge is -2.28. The highest BCUT2D eigenvalue weighted by molar-refractivity contribution is 5.95. The maximum Gasteiger partial charge on any atom is 0.227 e. The van der Waals surface area contributed by atoms with Gasteiger partial charge in [0.25, 0.3) is 0 Å². The molecule has 1 saturated heterocycles. The highest BCUT2D eigenvalue weighted by Crippen LogP contribution is 2.26. The Morgan fingerprint density at radius 1 is 1.14 bits per heavy atom. The van der Waals surface area contributed by atoms with Crippen molar-refractivity contribution in [1.82, 2.24) is 5.32 Å². The molecule has 1 heterocycles. The second kappa shape index (κ2) is 7.28. The van der Waals surface area contributed by atoms with Crippen LogP contribution in [0.1, 0.15) is 57.4 Å². The molecule has 120 valence electrons. The third-order valence-electron chi connectivity index (χ3n) is 5.31. The predicted octanol–water partition coefficient (Wildman–Crippen LogP) is 3.87. The highest BCUT2D eigenvalue weighted by Gasteiger charge is 2.22. The summed E-state index contributed by atoms with van der Waals surface area (Å²) < 4.78 is 0. The van der Waals surface area contributed by atoms with Crippen LogP contribution in [0, 0.1) is 5.92 Å². The van der Waals surface area contributed by atoms with Gasteiger partial charge < -0.3 is 10.2 Å². The lowest BCUT2D eigenvalue weighted by atomic mass is 9.84. The summed E-state index contributed by atoms with van der Waals surface area (Å²) >= 11 is 0. The Morgan fingerprint density at radius 2 is 1.86 bits per heavy atom. The van der Waals surface area contributed by atoms with E-state index < -0.39 is 0 Å². The van der Waals surface area contributed by atoms with Crippen molar-refractivity contribution in [2.24, 2.45) is 5.92 Å². The van der Waals surface area contributed by atoms with Crippen LogP contribution in [-0.2, 0) is 11.3 Å². The molecule has 1 unspecified atom stereocenters. The quantitative estimate of drug-likeness (QED) is 0.895. The van der Waals surface area contributed by atoms with Crippen LogP contribution in [-0.4, -0.2) is 18.5 Å². The topological polar surface area (TPSA) is 32.3 Å². The van der Waals surface area contributed by atoms with Crippen LogP contribution in [0.3, 0.4) is 0 Å². The van der Waals surface area contributed by atoms with Crippen molar-refractivity contribution in [3.05, 3.63) is 29.8 Å². The van der Waals surface area contributed by atoms with Crippen molar-refractivity contribution in [1.29, 1.82) is 0 Å². The zero-order valence-electron chi connectivity index (χ0n) is 13.7. The van der Waals surface area contributed by atoms with E-state index in [0.29, 0.717) is 12.5 Å². The van der Waals surface area contributed by atoms with Crippen LogP contribution in [0.25, 0.3) is 0 Å². The number of nitrogens with one attached hydrogen (secondary N) is 1. The molecular formula is C19H28N2O. The number of nitrogens with zero attached hydrogens (tertiary/aromatic N) is 1. The largest absolute Gasteiger partial charge is 0.312 e. The summed E-state index contributed by atoms with van der Waals surface area (Å²) in [6.45, 7) is 4.12. The number of hydrogen-bond donors (Lipinski definition) is 1. The maximum atomic E-state index is 11.8. The van der Waals surface area contributed by atoms with Gasteiger partial charge in [0.05, 0.1) is 0 Å². The Hall–Kier alpha value is -1.35. The number of carbonyl (C=O) groups excluding carboxylic acids is 1. The first-order chi connectivity index (χ1) is 10.7. The van der Waals surface area contributed by atoms with Crippen molar-refractivity contribution < 1.29 is 4.79 Å². The van der Waals surface area contributed by atoms with Crippen molar-refractivity contribution in [3.8, 4) is 0 Å². The summed E-state index contributed by atoms with van der Waals surface area (Å²) in [5.41, 5.74) is 2.35. The minimum Gasteiger partial charge on any atom is -0.312 e. The Bertz CT molecular complexity index is 491. The number of hydrogen-bond acceptors (Lipinski definition) is 2. The van der Waals surface area contributed by atoms with Gasteiger partial charge in [0.2, 0.25) is 5.91 Å². The van der Waals surface area contributed by atoms with Gasteiger partial charge in [-0.2, -0.15) is 0 Å². The summed E-state index contributed by atoms with van der Waals surface area (Å²) in [7, 11) is 0. The summed E-state index contributed by atoms with van der Waals surface area (Å²) in [5, 5.41) is 3.69. The van der Waals surface area contributed by atoms with Crippen molar-refractivity contribution in [3.63, 3.8) is 0 Å². The molecule has 1 saturated carbocycles. The number of rotatable bonds is 5. The monoisotopic (exact) mass is 300 g/mol. The fourth-order valence-corrected chi connectivity index (χ4v) is 3.79. The van der Waals surface area contributed by atoms with Crippen molar-refractivity contribution in [2.75, 3.05) is 11.4 Å². The van der Waals surface area contributed by atoms with E-state index in [9.17, 15) is 4.79 Å². The summed E-state index contributed by atoms with van der Waals surface area (Å²) in [6, 6.07) is 9.08. The van der Waals surface area contributed by atoms with E-state index in [0.717, 1.165) is 31.1 Å². The van der Waals surface area contributed by atoms with Crippen LogP contribution in [0.5, 0.6) is 0 Å². The summed E-state index contributed by atoms with van der Waals surface area (Å²) in [6.07, 6.45) is 8.65. The van der Waals surface area contributed by atoms with Gasteiger partial charge in [-0.05, 0) is 49.8 Å². The second-order valence-corrected chi connectivity index (χ2v) is 6.88. The van der Waals surface area contributed by atoms with Gasteiger partial charge in [0.15, 0.2) is 0 Å². The number of anilines is 1. The molecule has 1 aliphatic carbocycles. The molecule has 0 radical (unpaired) electrons. The molecule has 1 N–H and O–H groups in total. The molecular weight excluding hydrogens is 272 g/mol. The average molecular weight is 300 g/mol. The number of carbonyl (C=O) groups is 1. The van der Waals surface area contributed by atoms with Gasteiger partial charge in [-0.25, -0.2) is 0 Å². The van der Waals surface area contributed by atoms with Crippen LogP contribution < -0.4 is 10.2 Å². The van der Waals surface area contributed by atoms with Crippen LogP contribution in [0.15, 0.2) is 24.3 Å². The summed E-state index contributed by atoms with van der Waals surface area (Å²) in [5.74, 6) is 1.10. The fourth-order valence-electron chi connectivity index (χ4n) is 3.79. The van der Waals surface area contributed by atoms with E-state index in [1.807, 2.05) is 4.90 Å². The first-order valence-electron chi connectivity index (χ1n) is 8.87. The Morgan fingerprint density at radius 3 is 2.50 bits per heavy atom. The molecule has 3 nitrogen and oxygen atoms in total. The minimum atomic E-state index is 0.261. The smallest absolute Gasteiger partial charge is 0.227 e. The molecule has 1 aromatic rings. The van der Waals surface area contributed by atoms with E-state index in [1.165, 1.54) is 37.7 Å². The van der Waals surface area contributed by atoms with Crippen LogP contribution >= 0.6 is 0 Å². The molecule has 1 amide bonds. The second-order valence-electron chi connectivity index (χ2n) is 6.88. The van der Waals surface area contributed by atoms with Crippen LogP contribution in [0.2, 0.25) is 0 Å². The normalized spacial score (nSPS) is 21.3. The van der Waals surface area contributed by atoms with Gasteiger partial charge in [-0.15, -0.1) is 0 Å². The van der Waals surface area contributed by atoms with Gasteiger partial charge in [-0.1, -0.05) is 31.4 Å². The lowest BCUT2D eigenvalue weighted by molar-refractivity contribution is -0.117. The highest BCUT2D eigenvalue weighted by atomic mass is 16.2. The van der Waals surface area contributed by atoms with Crippen molar-refractivity contribution in [2.45, 2.75) is 64.5 Å². The molecule has 0 spiro atoms. The zero-order valence-corrected chi connectivity index (χ0v) is 13.7. The molecule has 0 aromatic heterocycles. The molecule has 2 aliphatic rings. The number of amides is 1.